The molecule has 194 valence electrons. The Morgan fingerprint density at radius 2 is 1.84 bits per heavy atom. The number of hydrogen-bond acceptors (Lipinski definition) is 6. The van der Waals surface area contributed by atoms with Crippen molar-refractivity contribution < 1.29 is 23.9 Å². The van der Waals surface area contributed by atoms with Crippen molar-refractivity contribution in [2.24, 2.45) is 0 Å². The number of nitrogens with one attached hydrogen (secondary N) is 2. The fraction of sp³-hybridized carbons (Fsp3) is 0.143. The molecule has 10 heteroatoms. The van der Waals surface area contributed by atoms with Crippen molar-refractivity contribution in [3.8, 4) is 11.5 Å². The lowest BCUT2D eigenvalue weighted by atomic mass is 10.1. The Morgan fingerprint density at radius 1 is 1.11 bits per heavy atom. The summed E-state index contributed by atoms with van der Waals surface area (Å²) in [6, 6.07) is 17.4. The highest BCUT2D eigenvalue weighted by molar-refractivity contribution is 7.80. The number of nitrogens with zero attached hydrogens (tertiary/aromatic N) is 1. The van der Waals surface area contributed by atoms with E-state index in [9.17, 15) is 14.4 Å². The van der Waals surface area contributed by atoms with Gasteiger partial charge in [-0.1, -0.05) is 41.9 Å². The monoisotopic (exact) mass is 549 g/mol. The molecular weight excluding hydrogens is 526 g/mol. The van der Waals surface area contributed by atoms with Gasteiger partial charge >= 0.3 is 0 Å². The van der Waals surface area contributed by atoms with Gasteiger partial charge in [0.1, 0.15) is 5.57 Å². The lowest BCUT2D eigenvalue weighted by Gasteiger charge is -2.28. The third kappa shape index (κ3) is 5.69. The third-order valence-corrected chi connectivity index (χ3v) is 6.47. The van der Waals surface area contributed by atoms with Crippen molar-refractivity contribution in [1.82, 2.24) is 5.32 Å². The number of carbonyl (C=O) groups is 3. The van der Waals surface area contributed by atoms with Crippen LogP contribution in [-0.2, 0) is 14.4 Å². The summed E-state index contributed by atoms with van der Waals surface area (Å²) in [6.45, 7) is 3.57. The zero-order chi connectivity index (χ0) is 27.4. The zero-order valence-electron chi connectivity index (χ0n) is 20.8. The summed E-state index contributed by atoms with van der Waals surface area (Å²) >= 11 is 11.7. The van der Waals surface area contributed by atoms with E-state index in [2.05, 4.69) is 10.6 Å². The van der Waals surface area contributed by atoms with Gasteiger partial charge in [0.25, 0.3) is 17.7 Å². The van der Waals surface area contributed by atoms with Crippen molar-refractivity contribution >= 4 is 64.1 Å². The van der Waals surface area contributed by atoms with Gasteiger partial charge in [0, 0.05) is 5.69 Å². The molecule has 0 atom stereocenters. The maximum absolute atomic E-state index is 13.2. The van der Waals surface area contributed by atoms with Crippen molar-refractivity contribution in [3.05, 3.63) is 87.9 Å². The molecule has 0 bridgehead atoms. The molecule has 3 aromatic rings. The Labute approximate surface area is 230 Å². The fourth-order valence-corrected chi connectivity index (χ4v) is 4.36. The molecule has 0 aromatic heterocycles. The predicted octanol–water partition coefficient (Wildman–Crippen LogP) is 4.81. The summed E-state index contributed by atoms with van der Waals surface area (Å²) in [5.41, 5.74) is 3.50. The van der Waals surface area contributed by atoms with Gasteiger partial charge in [-0.3, -0.25) is 24.6 Å². The van der Waals surface area contributed by atoms with Gasteiger partial charge in [-0.15, -0.1) is 0 Å². The second-order valence-electron chi connectivity index (χ2n) is 8.41. The first-order valence-electron chi connectivity index (χ1n) is 11.5. The minimum Gasteiger partial charge on any atom is -0.493 e. The lowest BCUT2D eigenvalue weighted by molar-refractivity contribution is -0.122. The number of thiocarbonyl (C=S) groups is 1. The van der Waals surface area contributed by atoms with Crippen LogP contribution >= 0.6 is 23.8 Å². The van der Waals surface area contributed by atoms with Crippen molar-refractivity contribution in [3.63, 3.8) is 0 Å². The molecule has 0 radical (unpaired) electrons. The van der Waals surface area contributed by atoms with E-state index in [1.807, 2.05) is 38.1 Å². The van der Waals surface area contributed by atoms with Crippen LogP contribution in [0.1, 0.15) is 16.7 Å². The smallest absolute Gasteiger partial charge is 0.270 e. The van der Waals surface area contributed by atoms with E-state index >= 15 is 0 Å². The van der Waals surface area contributed by atoms with E-state index in [4.69, 9.17) is 33.3 Å². The second kappa shape index (κ2) is 11.5. The SMILES string of the molecule is COc1cc(/C=C2/C(=O)NC(=S)N(c3ccccc3)C2=O)cc(Cl)c1OCC(=O)Nc1cccc(C)c1C. The first kappa shape index (κ1) is 26.8. The number of rotatable bonds is 7. The van der Waals surface area contributed by atoms with Crippen LogP contribution in [0.25, 0.3) is 6.08 Å². The molecule has 3 aromatic carbocycles. The molecule has 1 aliphatic heterocycles. The van der Waals surface area contributed by atoms with Crippen LogP contribution in [0.4, 0.5) is 11.4 Å². The number of hydrogen-bond donors (Lipinski definition) is 2. The maximum Gasteiger partial charge on any atom is 0.270 e. The molecule has 1 saturated heterocycles. The molecule has 4 rings (SSSR count). The number of para-hydroxylation sites is 1. The first-order chi connectivity index (χ1) is 18.2. The van der Waals surface area contributed by atoms with E-state index < -0.39 is 11.8 Å². The summed E-state index contributed by atoms with van der Waals surface area (Å²) in [7, 11) is 1.42. The molecule has 0 aliphatic carbocycles. The van der Waals surface area contributed by atoms with Gasteiger partial charge in [0.15, 0.2) is 23.2 Å². The van der Waals surface area contributed by atoms with Crippen LogP contribution in [0.3, 0.4) is 0 Å². The molecule has 1 aliphatic rings. The molecular formula is C28H24ClN3O5S. The molecule has 0 unspecified atom stereocenters. The Hall–Kier alpha value is -4.21. The van der Waals surface area contributed by atoms with Gasteiger partial charge < -0.3 is 14.8 Å². The maximum atomic E-state index is 13.2. The average Bonchev–Trinajstić information content (AvgIpc) is 2.89. The van der Waals surface area contributed by atoms with E-state index in [1.54, 1.807) is 30.3 Å². The summed E-state index contributed by atoms with van der Waals surface area (Å²) in [6.07, 6.45) is 1.39. The molecule has 2 N–H and O–H groups in total. The molecule has 1 heterocycles. The van der Waals surface area contributed by atoms with Crippen LogP contribution in [0, 0.1) is 13.8 Å². The normalized spacial score (nSPS) is 14.4. The second-order valence-corrected chi connectivity index (χ2v) is 9.21. The van der Waals surface area contributed by atoms with E-state index in [0.717, 1.165) is 11.1 Å². The minimum atomic E-state index is -0.634. The van der Waals surface area contributed by atoms with Crippen LogP contribution in [-0.4, -0.2) is 36.6 Å². The van der Waals surface area contributed by atoms with Crippen LogP contribution < -0.4 is 25.0 Å². The number of halogens is 1. The Kier molecular flexibility index (Phi) is 8.09. The van der Waals surface area contributed by atoms with Crippen molar-refractivity contribution in [1.29, 1.82) is 0 Å². The predicted molar refractivity (Wildman–Crippen MR) is 151 cm³/mol. The Bertz CT molecular complexity index is 1470. The van der Waals surface area contributed by atoms with Gasteiger partial charge in [0.2, 0.25) is 0 Å². The van der Waals surface area contributed by atoms with E-state index in [-0.39, 0.29) is 39.7 Å². The highest BCUT2D eigenvalue weighted by atomic mass is 35.5. The lowest BCUT2D eigenvalue weighted by Crippen LogP contribution is -2.54. The van der Waals surface area contributed by atoms with E-state index in [1.165, 1.54) is 24.2 Å². The number of methoxy groups -OCH3 is 1. The van der Waals surface area contributed by atoms with Crippen LogP contribution in [0.15, 0.2) is 66.2 Å². The average molecular weight is 550 g/mol. The number of aryl methyl sites for hydroxylation is 1. The van der Waals surface area contributed by atoms with Gasteiger partial charge in [0.05, 0.1) is 17.8 Å². The van der Waals surface area contributed by atoms with Crippen molar-refractivity contribution in [2.45, 2.75) is 13.8 Å². The largest absolute Gasteiger partial charge is 0.493 e. The summed E-state index contributed by atoms with van der Waals surface area (Å²) < 4.78 is 11.1. The number of benzene rings is 3. The molecule has 3 amide bonds. The number of amides is 3. The van der Waals surface area contributed by atoms with E-state index in [0.29, 0.717) is 16.9 Å². The highest BCUT2D eigenvalue weighted by Crippen LogP contribution is 2.37. The molecule has 1 fully saturated rings. The van der Waals surface area contributed by atoms with Gasteiger partial charge in [-0.25, -0.2) is 0 Å². The molecule has 8 nitrogen and oxygen atoms in total. The van der Waals surface area contributed by atoms with Gasteiger partial charge in [-0.2, -0.15) is 0 Å². The standard InChI is InChI=1S/C28H24ClN3O5S/c1-16-8-7-11-22(17(16)2)30-24(33)15-37-25-21(29)13-18(14-23(25)36-3)12-20-26(34)31-28(38)32(27(20)35)19-9-5-4-6-10-19/h4-14H,15H2,1-3H3,(H,30,33)(H,31,34,38)/b20-12-. The Morgan fingerprint density at radius 3 is 2.55 bits per heavy atom. The highest BCUT2D eigenvalue weighted by Gasteiger charge is 2.34. The molecule has 0 spiro atoms. The topological polar surface area (TPSA) is 97.0 Å². The zero-order valence-corrected chi connectivity index (χ0v) is 22.4. The summed E-state index contributed by atoms with van der Waals surface area (Å²) in [5, 5.41) is 5.48. The fourth-order valence-electron chi connectivity index (χ4n) is 3.81. The van der Waals surface area contributed by atoms with Crippen LogP contribution in [0.2, 0.25) is 5.02 Å². The molecule has 38 heavy (non-hydrogen) atoms. The Balaban J connectivity index is 1.55. The summed E-state index contributed by atoms with van der Waals surface area (Å²) in [4.78, 5) is 39.6. The third-order valence-electron chi connectivity index (χ3n) is 5.91. The van der Waals surface area contributed by atoms with Crippen LogP contribution in [0.5, 0.6) is 11.5 Å². The minimum absolute atomic E-state index is 0.0122. The summed E-state index contributed by atoms with van der Waals surface area (Å²) in [5.74, 6) is -1.21. The number of ether oxygens (including phenoxy) is 2. The first-order valence-corrected chi connectivity index (χ1v) is 12.3. The number of carbonyl (C=O) groups excluding carboxylic acids is 3. The molecule has 0 saturated carbocycles. The van der Waals surface area contributed by atoms with Crippen molar-refractivity contribution in [2.75, 3.05) is 23.9 Å². The van der Waals surface area contributed by atoms with Gasteiger partial charge in [-0.05, 0) is 79.2 Å². The number of anilines is 2. The quantitative estimate of drug-likeness (QED) is 0.249.